The van der Waals surface area contributed by atoms with E-state index in [0.29, 0.717) is 38.6 Å². The van der Waals surface area contributed by atoms with Gasteiger partial charge in [-0.05, 0) is 44.6 Å². The Morgan fingerprint density at radius 3 is 2.30 bits per heavy atom. The van der Waals surface area contributed by atoms with Gasteiger partial charge in [-0.1, -0.05) is 29.8 Å². The Morgan fingerprint density at radius 2 is 1.70 bits per heavy atom. The van der Waals surface area contributed by atoms with Crippen molar-refractivity contribution in [3.8, 4) is 0 Å². The second kappa shape index (κ2) is 8.42. The first kappa shape index (κ1) is 19.9. The fourth-order valence-corrected chi connectivity index (χ4v) is 5.67. The van der Waals surface area contributed by atoms with Crippen LogP contribution in [0, 0.1) is 18.8 Å². The maximum atomic E-state index is 12.4. The third kappa shape index (κ3) is 5.54. The number of amides is 2. The predicted octanol–water partition coefficient (Wildman–Crippen LogP) is 1.72. The molecule has 2 amide bonds. The third-order valence-electron chi connectivity index (χ3n) is 5.60. The van der Waals surface area contributed by atoms with Gasteiger partial charge in [-0.15, -0.1) is 0 Å². The first-order valence-electron chi connectivity index (χ1n) is 9.66. The minimum Gasteiger partial charge on any atom is -0.352 e. The van der Waals surface area contributed by atoms with E-state index >= 15 is 0 Å². The average molecular weight is 393 g/mol. The molecule has 3 rings (SSSR count). The molecule has 0 aromatic heterocycles. The van der Waals surface area contributed by atoms with Crippen molar-refractivity contribution in [2.45, 2.75) is 51.6 Å². The van der Waals surface area contributed by atoms with E-state index in [-0.39, 0.29) is 41.2 Å². The number of sulfone groups is 1. The van der Waals surface area contributed by atoms with Crippen LogP contribution >= 0.6 is 0 Å². The van der Waals surface area contributed by atoms with Crippen LogP contribution in [0.4, 0.5) is 0 Å². The summed E-state index contributed by atoms with van der Waals surface area (Å²) in [6.45, 7) is 2.55. The van der Waals surface area contributed by atoms with Gasteiger partial charge in [0.1, 0.15) is 0 Å². The molecule has 1 atom stereocenters. The Morgan fingerprint density at radius 1 is 1.04 bits per heavy atom. The van der Waals surface area contributed by atoms with E-state index in [9.17, 15) is 18.0 Å². The largest absolute Gasteiger partial charge is 0.352 e. The summed E-state index contributed by atoms with van der Waals surface area (Å²) in [5.41, 5.74) is 2.26. The van der Waals surface area contributed by atoms with Gasteiger partial charge in [0, 0.05) is 24.4 Å². The zero-order chi connectivity index (χ0) is 19.4. The topological polar surface area (TPSA) is 92.3 Å². The molecule has 1 aliphatic heterocycles. The number of hydrogen-bond donors (Lipinski definition) is 2. The lowest BCUT2D eigenvalue weighted by Crippen LogP contribution is -2.42. The van der Waals surface area contributed by atoms with E-state index < -0.39 is 9.84 Å². The van der Waals surface area contributed by atoms with E-state index in [2.05, 4.69) is 16.7 Å². The lowest BCUT2D eigenvalue weighted by atomic mass is 9.81. The molecule has 1 heterocycles. The summed E-state index contributed by atoms with van der Waals surface area (Å²) in [7, 11) is -2.99. The van der Waals surface area contributed by atoms with Crippen molar-refractivity contribution in [3.63, 3.8) is 0 Å². The summed E-state index contributed by atoms with van der Waals surface area (Å²) >= 11 is 0. The number of carbonyl (C=O) groups is 2. The van der Waals surface area contributed by atoms with Crippen molar-refractivity contribution < 1.29 is 18.0 Å². The van der Waals surface area contributed by atoms with Crippen molar-refractivity contribution in [1.82, 2.24) is 10.6 Å². The summed E-state index contributed by atoms with van der Waals surface area (Å²) in [6, 6.07) is 7.81. The van der Waals surface area contributed by atoms with Gasteiger partial charge in [-0.3, -0.25) is 9.59 Å². The first-order valence-corrected chi connectivity index (χ1v) is 11.5. The Labute approximate surface area is 161 Å². The molecule has 7 heteroatoms. The van der Waals surface area contributed by atoms with Gasteiger partial charge in [-0.2, -0.15) is 0 Å². The van der Waals surface area contributed by atoms with Gasteiger partial charge in [0.15, 0.2) is 9.84 Å². The molecule has 1 aromatic rings. The Balaban J connectivity index is 1.41. The summed E-state index contributed by atoms with van der Waals surface area (Å²) < 4.78 is 23.0. The number of benzene rings is 1. The van der Waals surface area contributed by atoms with Crippen LogP contribution in [0.25, 0.3) is 0 Å². The highest BCUT2D eigenvalue weighted by Crippen LogP contribution is 2.29. The van der Waals surface area contributed by atoms with Gasteiger partial charge in [0.25, 0.3) is 0 Å². The molecule has 6 nitrogen and oxygen atoms in total. The number of hydrogen-bond acceptors (Lipinski definition) is 4. The summed E-state index contributed by atoms with van der Waals surface area (Å²) in [6.07, 6.45) is 3.24. The average Bonchev–Trinajstić information content (AvgIpc) is 2.98. The first-order chi connectivity index (χ1) is 12.8. The molecule has 0 bridgehead atoms. The molecule has 148 valence electrons. The van der Waals surface area contributed by atoms with Crippen molar-refractivity contribution in [2.75, 3.05) is 11.5 Å². The van der Waals surface area contributed by atoms with Crippen LogP contribution in [0.1, 0.15) is 43.2 Å². The van der Waals surface area contributed by atoms with Crippen LogP contribution in [-0.2, 0) is 26.0 Å². The summed E-state index contributed by atoms with van der Waals surface area (Å²) in [5.74, 6) is 0.0363. The van der Waals surface area contributed by atoms with Gasteiger partial charge >= 0.3 is 0 Å². The normalized spacial score (nSPS) is 27.1. The number of rotatable bonds is 5. The fraction of sp³-hybridized carbons (Fsp3) is 0.600. The molecule has 1 saturated carbocycles. The molecule has 0 radical (unpaired) electrons. The van der Waals surface area contributed by atoms with Crippen molar-refractivity contribution in [2.24, 2.45) is 11.8 Å². The highest BCUT2D eigenvalue weighted by molar-refractivity contribution is 7.91. The van der Waals surface area contributed by atoms with E-state index in [0.717, 1.165) is 5.56 Å². The minimum atomic E-state index is -2.99. The summed E-state index contributed by atoms with van der Waals surface area (Å²) in [5, 5.41) is 5.88. The molecule has 1 aromatic carbocycles. The van der Waals surface area contributed by atoms with E-state index in [1.54, 1.807) is 0 Å². The second-order valence-corrected chi connectivity index (χ2v) is 10.1. The number of aryl methyl sites for hydroxylation is 1. The van der Waals surface area contributed by atoms with E-state index in [1.807, 2.05) is 25.1 Å². The molecule has 2 aliphatic rings. The standard InChI is InChI=1S/C20H28N2O4S/c1-14-3-2-4-15(11-14)12-21-19(23)16-5-7-17(8-6-16)20(24)22-18-9-10-27(25,26)13-18/h2-4,11,16-18H,5-10,12-13H2,1H3,(H,21,23)(H,22,24). The maximum Gasteiger partial charge on any atom is 0.223 e. The van der Waals surface area contributed by atoms with Crippen LogP contribution in [0.2, 0.25) is 0 Å². The van der Waals surface area contributed by atoms with E-state index in [4.69, 9.17) is 0 Å². The highest BCUT2D eigenvalue weighted by atomic mass is 32.2. The molecule has 1 saturated heterocycles. The maximum absolute atomic E-state index is 12.4. The van der Waals surface area contributed by atoms with Crippen LogP contribution in [-0.4, -0.2) is 37.8 Å². The van der Waals surface area contributed by atoms with Crippen LogP contribution in [0.3, 0.4) is 0 Å². The molecular formula is C20H28N2O4S. The Bertz CT molecular complexity index is 798. The Hall–Kier alpha value is -1.89. The Kier molecular flexibility index (Phi) is 6.19. The number of nitrogens with one attached hydrogen (secondary N) is 2. The quantitative estimate of drug-likeness (QED) is 0.798. The zero-order valence-corrected chi connectivity index (χ0v) is 16.6. The van der Waals surface area contributed by atoms with Crippen LogP contribution < -0.4 is 10.6 Å². The van der Waals surface area contributed by atoms with Crippen molar-refractivity contribution in [1.29, 1.82) is 0 Å². The van der Waals surface area contributed by atoms with Crippen molar-refractivity contribution >= 4 is 21.7 Å². The van der Waals surface area contributed by atoms with Gasteiger partial charge in [0.05, 0.1) is 11.5 Å². The van der Waals surface area contributed by atoms with Crippen LogP contribution in [0.5, 0.6) is 0 Å². The lowest BCUT2D eigenvalue weighted by Gasteiger charge is -2.28. The van der Waals surface area contributed by atoms with Gasteiger partial charge < -0.3 is 10.6 Å². The van der Waals surface area contributed by atoms with Gasteiger partial charge in [0.2, 0.25) is 11.8 Å². The lowest BCUT2D eigenvalue weighted by molar-refractivity contribution is -0.130. The smallest absolute Gasteiger partial charge is 0.223 e. The predicted molar refractivity (Wildman–Crippen MR) is 104 cm³/mol. The number of carbonyl (C=O) groups excluding carboxylic acids is 2. The third-order valence-corrected chi connectivity index (χ3v) is 7.36. The molecular weight excluding hydrogens is 364 g/mol. The summed E-state index contributed by atoms with van der Waals surface area (Å²) in [4.78, 5) is 24.8. The SMILES string of the molecule is Cc1cccc(CNC(=O)C2CCC(C(=O)NC3CCS(=O)(=O)C3)CC2)c1. The molecule has 2 fully saturated rings. The van der Waals surface area contributed by atoms with Crippen LogP contribution in [0.15, 0.2) is 24.3 Å². The second-order valence-electron chi connectivity index (χ2n) is 7.86. The zero-order valence-electron chi connectivity index (χ0n) is 15.7. The molecule has 27 heavy (non-hydrogen) atoms. The molecule has 0 spiro atoms. The molecule has 1 aliphatic carbocycles. The van der Waals surface area contributed by atoms with Crippen molar-refractivity contribution in [3.05, 3.63) is 35.4 Å². The molecule has 2 N–H and O–H groups in total. The highest BCUT2D eigenvalue weighted by Gasteiger charge is 2.33. The van der Waals surface area contributed by atoms with Gasteiger partial charge in [-0.25, -0.2) is 8.42 Å². The molecule has 1 unspecified atom stereocenters. The van der Waals surface area contributed by atoms with E-state index in [1.165, 1.54) is 5.56 Å². The fourth-order valence-electron chi connectivity index (χ4n) is 4.00. The monoisotopic (exact) mass is 392 g/mol. The minimum absolute atomic E-state index is 0.0503.